The highest BCUT2D eigenvalue weighted by molar-refractivity contribution is 6.43. The van der Waals surface area contributed by atoms with E-state index in [9.17, 15) is 22.8 Å². The summed E-state index contributed by atoms with van der Waals surface area (Å²) >= 11 is 5.94. The topological polar surface area (TPSA) is 67.4 Å². The van der Waals surface area contributed by atoms with Crippen LogP contribution in [0.3, 0.4) is 0 Å². The van der Waals surface area contributed by atoms with E-state index >= 15 is 0 Å². The molecular weight excluding hydrogens is 361 g/mol. The van der Waals surface area contributed by atoms with Crippen LogP contribution in [-0.2, 0) is 9.59 Å². The standard InChI is InChI=1S/C16H12ClF3N2O3/c1-7-5-11(12(25-2)6-8(7)17)22-16(24)15(23)21-10-4-3-9(18)13(19)14(10)20/h3-6H,1-2H3,(H,21,23)(H,22,24). The second-order valence-electron chi connectivity index (χ2n) is 4.93. The maximum atomic E-state index is 13.5. The molecule has 25 heavy (non-hydrogen) atoms. The van der Waals surface area contributed by atoms with Crippen LogP contribution in [0.2, 0.25) is 5.02 Å². The SMILES string of the molecule is COc1cc(Cl)c(C)cc1NC(=O)C(=O)Nc1ccc(F)c(F)c1F. The minimum atomic E-state index is -1.76. The van der Waals surface area contributed by atoms with E-state index in [0.717, 1.165) is 6.07 Å². The monoisotopic (exact) mass is 372 g/mol. The fourth-order valence-corrected chi connectivity index (χ4v) is 2.06. The molecule has 0 saturated heterocycles. The van der Waals surface area contributed by atoms with Gasteiger partial charge in [-0.05, 0) is 30.7 Å². The van der Waals surface area contributed by atoms with Crippen LogP contribution in [0.1, 0.15) is 5.56 Å². The van der Waals surface area contributed by atoms with E-state index in [1.807, 2.05) is 5.32 Å². The van der Waals surface area contributed by atoms with Crippen molar-refractivity contribution in [2.75, 3.05) is 17.7 Å². The second kappa shape index (κ2) is 7.43. The summed E-state index contributed by atoms with van der Waals surface area (Å²) in [7, 11) is 1.34. The molecule has 2 N–H and O–H groups in total. The van der Waals surface area contributed by atoms with Crippen LogP contribution in [0, 0.1) is 24.4 Å². The first-order valence-corrected chi connectivity index (χ1v) is 7.22. The van der Waals surface area contributed by atoms with Crippen LogP contribution in [0.25, 0.3) is 0 Å². The molecule has 2 aromatic carbocycles. The number of halogens is 4. The van der Waals surface area contributed by atoms with Gasteiger partial charge in [0.15, 0.2) is 17.5 Å². The molecule has 0 saturated carbocycles. The number of nitrogens with one attached hydrogen (secondary N) is 2. The largest absolute Gasteiger partial charge is 0.495 e. The van der Waals surface area contributed by atoms with Crippen LogP contribution in [0.4, 0.5) is 24.5 Å². The Balaban J connectivity index is 2.18. The van der Waals surface area contributed by atoms with E-state index in [4.69, 9.17) is 16.3 Å². The fraction of sp³-hybridized carbons (Fsp3) is 0.125. The summed E-state index contributed by atoms with van der Waals surface area (Å²) in [5.74, 6) is -7.02. The maximum Gasteiger partial charge on any atom is 0.314 e. The summed E-state index contributed by atoms with van der Waals surface area (Å²) in [6.07, 6.45) is 0. The first kappa shape index (κ1) is 18.6. The number of benzene rings is 2. The Kier molecular flexibility index (Phi) is 5.53. The Morgan fingerprint density at radius 2 is 1.60 bits per heavy atom. The molecule has 0 fully saturated rings. The van der Waals surface area contributed by atoms with E-state index in [1.54, 1.807) is 6.92 Å². The fourth-order valence-electron chi connectivity index (χ4n) is 1.91. The summed E-state index contributed by atoms with van der Waals surface area (Å²) in [5, 5.41) is 4.52. The van der Waals surface area contributed by atoms with E-state index in [0.29, 0.717) is 16.7 Å². The normalized spacial score (nSPS) is 10.3. The Hall–Kier alpha value is -2.74. The molecule has 132 valence electrons. The molecule has 0 aromatic heterocycles. The van der Waals surface area contributed by atoms with Crippen molar-refractivity contribution < 1.29 is 27.5 Å². The Bertz CT molecular complexity index is 859. The van der Waals surface area contributed by atoms with Crippen molar-refractivity contribution in [1.29, 1.82) is 0 Å². The quantitative estimate of drug-likeness (QED) is 0.638. The number of rotatable bonds is 3. The molecule has 5 nitrogen and oxygen atoms in total. The molecular formula is C16H12ClF3N2O3. The van der Waals surface area contributed by atoms with Crippen LogP contribution >= 0.6 is 11.6 Å². The van der Waals surface area contributed by atoms with E-state index in [2.05, 4.69) is 5.32 Å². The lowest BCUT2D eigenvalue weighted by atomic mass is 10.2. The maximum absolute atomic E-state index is 13.5. The third kappa shape index (κ3) is 4.03. The Labute approximate surface area is 145 Å². The van der Waals surface area contributed by atoms with Crippen molar-refractivity contribution in [1.82, 2.24) is 0 Å². The highest BCUT2D eigenvalue weighted by atomic mass is 35.5. The third-order valence-corrected chi connectivity index (χ3v) is 3.63. The number of ether oxygens (including phenoxy) is 1. The Morgan fingerprint density at radius 1 is 1.00 bits per heavy atom. The van der Waals surface area contributed by atoms with Gasteiger partial charge in [-0.25, -0.2) is 13.2 Å². The van der Waals surface area contributed by atoms with Gasteiger partial charge in [-0.3, -0.25) is 9.59 Å². The number of hydrogen-bond acceptors (Lipinski definition) is 3. The van der Waals surface area contributed by atoms with Gasteiger partial charge in [0.1, 0.15) is 5.75 Å². The van der Waals surface area contributed by atoms with Gasteiger partial charge < -0.3 is 15.4 Å². The van der Waals surface area contributed by atoms with Gasteiger partial charge in [0, 0.05) is 11.1 Å². The zero-order chi connectivity index (χ0) is 18.7. The number of carbonyl (C=O) groups is 2. The van der Waals surface area contributed by atoms with E-state index < -0.39 is 35.0 Å². The second-order valence-corrected chi connectivity index (χ2v) is 5.34. The summed E-state index contributed by atoms with van der Waals surface area (Å²) in [6.45, 7) is 1.67. The number of amides is 2. The molecule has 2 rings (SSSR count). The molecule has 0 bridgehead atoms. The minimum absolute atomic E-state index is 0.162. The van der Waals surface area contributed by atoms with Crippen molar-refractivity contribution >= 4 is 34.8 Å². The van der Waals surface area contributed by atoms with Crippen molar-refractivity contribution in [2.45, 2.75) is 6.92 Å². The molecule has 2 aromatic rings. The zero-order valence-corrected chi connectivity index (χ0v) is 13.8. The number of aryl methyl sites for hydroxylation is 1. The predicted octanol–water partition coefficient (Wildman–Crippen LogP) is 3.65. The van der Waals surface area contributed by atoms with Crippen LogP contribution < -0.4 is 15.4 Å². The molecule has 0 aliphatic heterocycles. The molecule has 2 amide bonds. The van der Waals surface area contributed by atoms with Crippen LogP contribution in [-0.4, -0.2) is 18.9 Å². The molecule has 0 aliphatic rings. The summed E-state index contributed by atoms with van der Waals surface area (Å²) in [6, 6.07) is 4.34. The predicted molar refractivity (Wildman–Crippen MR) is 86.3 cm³/mol. The van der Waals surface area contributed by atoms with Crippen molar-refractivity contribution in [3.63, 3.8) is 0 Å². The average molecular weight is 373 g/mol. The first-order valence-electron chi connectivity index (χ1n) is 6.84. The van der Waals surface area contributed by atoms with Gasteiger partial charge in [-0.2, -0.15) is 0 Å². The van der Waals surface area contributed by atoms with Crippen molar-refractivity contribution in [2.24, 2.45) is 0 Å². The summed E-state index contributed by atoms with van der Waals surface area (Å²) in [5.41, 5.74) is 0.110. The lowest BCUT2D eigenvalue weighted by Crippen LogP contribution is -2.29. The number of hydrogen-bond donors (Lipinski definition) is 2. The van der Waals surface area contributed by atoms with E-state index in [-0.39, 0.29) is 11.4 Å². The van der Waals surface area contributed by atoms with Gasteiger partial charge in [-0.15, -0.1) is 0 Å². The van der Waals surface area contributed by atoms with Crippen LogP contribution in [0.15, 0.2) is 24.3 Å². The van der Waals surface area contributed by atoms with Gasteiger partial charge in [0.05, 0.1) is 18.5 Å². The molecule has 0 aliphatic carbocycles. The third-order valence-electron chi connectivity index (χ3n) is 3.22. The van der Waals surface area contributed by atoms with Crippen molar-refractivity contribution in [3.8, 4) is 5.75 Å². The summed E-state index contributed by atoms with van der Waals surface area (Å²) < 4.78 is 44.6. The number of anilines is 2. The number of carbonyl (C=O) groups excluding carboxylic acids is 2. The van der Waals surface area contributed by atoms with Gasteiger partial charge in [-0.1, -0.05) is 11.6 Å². The lowest BCUT2D eigenvalue weighted by Gasteiger charge is -2.12. The molecule has 0 heterocycles. The van der Waals surface area contributed by atoms with Crippen LogP contribution in [0.5, 0.6) is 5.75 Å². The molecule has 0 radical (unpaired) electrons. The smallest absolute Gasteiger partial charge is 0.314 e. The van der Waals surface area contributed by atoms with Gasteiger partial charge in [0.2, 0.25) is 0 Å². The molecule has 0 spiro atoms. The van der Waals surface area contributed by atoms with Gasteiger partial charge >= 0.3 is 11.8 Å². The Morgan fingerprint density at radius 3 is 2.20 bits per heavy atom. The average Bonchev–Trinajstić information content (AvgIpc) is 2.58. The van der Waals surface area contributed by atoms with Gasteiger partial charge in [0.25, 0.3) is 0 Å². The molecule has 9 heteroatoms. The van der Waals surface area contributed by atoms with E-state index in [1.165, 1.54) is 19.2 Å². The highest BCUT2D eigenvalue weighted by Crippen LogP contribution is 2.31. The molecule has 0 atom stereocenters. The zero-order valence-electron chi connectivity index (χ0n) is 13.0. The number of methoxy groups -OCH3 is 1. The molecule has 0 unspecified atom stereocenters. The lowest BCUT2D eigenvalue weighted by molar-refractivity contribution is -0.133. The first-order chi connectivity index (χ1) is 11.7. The highest BCUT2D eigenvalue weighted by Gasteiger charge is 2.20. The minimum Gasteiger partial charge on any atom is -0.495 e. The summed E-state index contributed by atoms with van der Waals surface area (Å²) in [4.78, 5) is 23.8. The van der Waals surface area contributed by atoms with Crippen molar-refractivity contribution in [3.05, 3.63) is 52.3 Å².